The predicted molar refractivity (Wildman–Crippen MR) is 87.6 cm³/mol. The molecule has 2 heterocycles. The van der Waals surface area contributed by atoms with Gasteiger partial charge in [-0.2, -0.15) is 0 Å². The highest BCUT2D eigenvalue weighted by Crippen LogP contribution is 2.17. The summed E-state index contributed by atoms with van der Waals surface area (Å²) in [7, 11) is 0. The number of aromatic nitrogens is 2. The largest absolute Gasteiger partial charge is 0.356 e. The Bertz CT molecular complexity index is 451. The molecule has 0 aromatic carbocycles. The fourth-order valence-electron chi connectivity index (χ4n) is 2.76. The summed E-state index contributed by atoms with van der Waals surface area (Å²) in [5.41, 5.74) is 0. The highest BCUT2D eigenvalue weighted by Gasteiger charge is 2.21. The van der Waals surface area contributed by atoms with Crippen LogP contribution in [0.15, 0.2) is 18.5 Å². The van der Waals surface area contributed by atoms with Crippen LogP contribution in [0.2, 0.25) is 0 Å². The number of piperidine rings is 1. The van der Waals surface area contributed by atoms with E-state index in [9.17, 15) is 4.79 Å². The van der Waals surface area contributed by atoms with E-state index < -0.39 is 0 Å². The van der Waals surface area contributed by atoms with Crippen LogP contribution in [0.4, 0.5) is 5.95 Å². The number of rotatable bonds is 7. The first-order valence-electron chi connectivity index (χ1n) is 8.17. The smallest absolute Gasteiger partial charge is 0.222 e. The number of likely N-dealkylation sites (tertiary alicyclic amines) is 1. The first-order chi connectivity index (χ1) is 10.6. The topological polar surface area (TPSA) is 70.2 Å². The number of carbonyl (C=O) groups is 1. The molecule has 1 aromatic rings. The van der Waals surface area contributed by atoms with Crippen molar-refractivity contribution in [2.75, 3.05) is 31.5 Å². The van der Waals surface area contributed by atoms with Gasteiger partial charge in [0.25, 0.3) is 0 Å². The Kier molecular flexibility index (Phi) is 6.58. The summed E-state index contributed by atoms with van der Waals surface area (Å²) in [6, 6.07) is 2.36. The fourth-order valence-corrected chi connectivity index (χ4v) is 2.76. The van der Waals surface area contributed by atoms with E-state index in [-0.39, 0.29) is 5.91 Å². The summed E-state index contributed by atoms with van der Waals surface area (Å²) in [5.74, 6) is 1.23. The van der Waals surface area contributed by atoms with Crippen LogP contribution in [0.25, 0.3) is 0 Å². The third kappa shape index (κ3) is 5.60. The number of carbonyl (C=O) groups excluding carboxylic acids is 1. The molecule has 1 saturated heterocycles. The Hall–Kier alpha value is -1.69. The van der Waals surface area contributed by atoms with Gasteiger partial charge in [-0.3, -0.25) is 4.79 Å². The van der Waals surface area contributed by atoms with Crippen LogP contribution in [-0.2, 0) is 4.79 Å². The van der Waals surface area contributed by atoms with E-state index in [2.05, 4.69) is 39.3 Å². The number of amides is 1. The van der Waals surface area contributed by atoms with E-state index in [1.54, 1.807) is 18.5 Å². The Labute approximate surface area is 132 Å². The van der Waals surface area contributed by atoms with Gasteiger partial charge in [-0.25, -0.2) is 9.97 Å². The van der Waals surface area contributed by atoms with E-state index in [1.807, 2.05) is 0 Å². The van der Waals surface area contributed by atoms with Gasteiger partial charge in [-0.15, -0.1) is 0 Å². The minimum Gasteiger partial charge on any atom is -0.356 e. The first-order valence-corrected chi connectivity index (χ1v) is 8.17. The molecule has 1 aliphatic heterocycles. The van der Waals surface area contributed by atoms with Gasteiger partial charge in [-0.05, 0) is 45.2 Å². The average molecular weight is 305 g/mol. The summed E-state index contributed by atoms with van der Waals surface area (Å²) in [6.07, 6.45) is 6.24. The van der Waals surface area contributed by atoms with Crippen molar-refractivity contribution < 1.29 is 4.79 Å². The summed E-state index contributed by atoms with van der Waals surface area (Å²) in [4.78, 5) is 22.5. The Morgan fingerprint density at radius 2 is 2.18 bits per heavy atom. The zero-order chi connectivity index (χ0) is 15.8. The maximum atomic E-state index is 11.9. The lowest BCUT2D eigenvalue weighted by Crippen LogP contribution is -2.43. The van der Waals surface area contributed by atoms with Crippen molar-refractivity contribution >= 4 is 11.9 Å². The maximum absolute atomic E-state index is 11.9. The second kappa shape index (κ2) is 8.68. The van der Waals surface area contributed by atoms with Crippen LogP contribution in [0.1, 0.15) is 33.1 Å². The van der Waals surface area contributed by atoms with Gasteiger partial charge in [-0.1, -0.05) is 0 Å². The van der Waals surface area contributed by atoms with E-state index in [1.165, 1.54) is 19.4 Å². The molecule has 0 spiro atoms. The summed E-state index contributed by atoms with van der Waals surface area (Å²) < 4.78 is 0. The monoisotopic (exact) mass is 305 g/mol. The summed E-state index contributed by atoms with van der Waals surface area (Å²) in [5, 5.41) is 6.10. The molecule has 1 aliphatic rings. The second-order valence-electron chi connectivity index (χ2n) is 6.15. The predicted octanol–water partition coefficient (Wildman–Crippen LogP) is 1.52. The molecule has 0 bridgehead atoms. The van der Waals surface area contributed by atoms with Crippen LogP contribution in [-0.4, -0.2) is 53.0 Å². The van der Waals surface area contributed by atoms with Gasteiger partial charge in [0.15, 0.2) is 0 Å². The first kappa shape index (κ1) is 16.7. The van der Waals surface area contributed by atoms with E-state index in [4.69, 9.17) is 0 Å². The van der Waals surface area contributed by atoms with Crippen molar-refractivity contribution in [1.82, 2.24) is 20.2 Å². The Morgan fingerprint density at radius 1 is 1.41 bits per heavy atom. The van der Waals surface area contributed by atoms with Crippen LogP contribution >= 0.6 is 0 Å². The van der Waals surface area contributed by atoms with Gasteiger partial charge in [0.1, 0.15) is 0 Å². The molecule has 0 aliphatic carbocycles. The highest BCUT2D eigenvalue weighted by atomic mass is 16.1. The summed E-state index contributed by atoms with van der Waals surface area (Å²) >= 11 is 0. The lowest BCUT2D eigenvalue weighted by atomic mass is 9.97. The molecule has 22 heavy (non-hydrogen) atoms. The minimum atomic E-state index is 0.0881. The molecule has 122 valence electrons. The number of nitrogens with zero attached hydrogens (tertiary/aromatic N) is 3. The number of anilines is 1. The Morgan fingerprint density at radius 3 is 2.91 bits per heavy atom. The molecule has 0 radical (unpaired) electrons. The number of hydrogen-bond acceptors (Lipinski definition) is 5. The highest BCUT2D eigenvalue weighted by molar-refractivity contribution is 5.76. The lowest BCUT2D eigenvalue weighted by Gasteiger charge is -2.35. The van der Waals surface area contributed by atoms with Gasteiger partial charge in [0.05, 0.1) is 0 Å². The molecule has 0 saturated carbocycles. The van der Waals surface area contributed by atoms with Crippen LogP contribution in [0.5, 0.6) is 0 Å². The Balaban J connectivity index is 1.61. The summed E-state index contributed by atoms with van der Waals surface area (Å²) in [6.45, 7) is 8.08. The zero-order valence-electron chi connectivity index (χ0n) is 13.6. The van der Waals surface area contributed by atoms with Crippen molar-refractivity contribution in [2.24, 2.45) is 5.92 Å². The van der Waals surface area contributed by atoms with E-state index >= 15 is 0 Å². The molecule has 2 rings (SSSR count). The van der Waals surface area contributed by atoms with Crippen molar-refractivity contribution in [3.8, 4) is 0 Å². The molecule has 2 N–H and O–H groups in total. The van der Waals surface area contributed by atoms with Crippen LogP contribution in [0.3, 0.4) is 0 Å². The molecule has 1 fully saturated rings. The van der Waals surface area contributed by atoms with Gasteiger partial charge >= 0.3 is 0 Å². The van der Waals surface area contributed by atoms with E-state index in [0.29, 0.717) is 30.9 Å². The number of nitrogens with one attached hydrogen (secondary N) is 2. The van der Waals surface area contributed by atoms with E-state index in [0.717, 1.165) is 13.1 Å². The van der Waals surface area contributed by atoms with Crippen molar-refractivity contribution in [2.45, 2.75) is 39.2 Å². The lowest BCUT2D eigenvalue weighted by molar-refractivity contribution is -0.121. The molecule has 1 unspecified atom stereocenters. The van der Waals surface area contributed by atoms with Gasteiger partial charge in [0.2, 0.25) is 11.9 Å². The average Bonchev–Trinajstić information content (AvgIpc) is 2.54. The van der Waals surface area contributed by atoms with Crippen molar-refractivity contribution in [3.05, 3.63) is 18.5 Å². The SMILES string of the molecule is CC(C)N1CCCC(CNC(=O)CCNc2ncccn2)C1. The van der Waals surface area contributed by atoms with Crippen LogP contribution in [0, 0.1) is 5.92 Å². The third-order valence-corrected chi connectivity index (χ3v) is 4.07. The molecule has 6 nitrogen and oxygen atoms in total. The molecular formula is C16H27N5O. The number of hydrogen-bond donors (Lipinski definition) is 2. The quantitative estimate of drug-likeness (QED) is 0.799. The van der Waals surface area contributed by atoms with Gasteiger partial charge < -0.3 is 15.5 Å². The zero-order valence-corrected chi connectivity index (χ0v) is 13.6. The fraction of sp³-hybridized carbons (Fsp3) is 0.688. The van der Waals surface area contributed by atoms with Crippen LogP contribution < -0.4 is 10.6 Å². The normalized spacial score (nSPS) is 19.1. The molecule has 6 heteroatoms. The third-order valence-electron chi connectivity index (χ3n) is 4.07. The minimum absolute atomic E-state index is 0.0881. The molecular weight excluding hydrogens is 278 g/mol. The molecule has 1 amide bonds. The standard InChI is InChI=1S/C16H27N5O/c1-13(2)21-10-3-5-14(12-21)11-20-15(22)6-9-19-16-17-7-4-8-18-16/h4,7-8,13-14H,3,5-6,9-12H2,1-2H3,(H,20,22)(H,17,18,19). The molecule has 1 aromatic heterocycles. The maximum Gasteiger partial charge on any atom is 0.222 e. The second-order valence-corrected chi connectivity index (χ2v) is 6.15. The van der Waals surface area contributed by atoms with Crippen molar-refractivity contribution in [3.63, 3.8) is 0 Å². The van der Waals surface area contributed by atoms with Crippen molar-refractivity contribution in [1.29, 1.82) is 0 Å². The van der Waals surface area contributed by atoms with Gasteiger partial charge in [0, 0.05) is 44.5 Å². The molecule has 1 atom stereocenters.